The summed E-state index contributed by atoms with van der Waals surface area (Å²) in [5.74, 6) is 1.32. The van der Waals surface area contributed by atoms with Crippen molar-refractivity contribution in [1.29, 1.82) is 0 Å². The Kier molecular flexibility index (Phi) is 4.06. The molecule has 26 heavy (non-hydrogen) atoms. The highest BCUT2D eigenvalue weighted by molar-refractivity contribution is 6.11. The van der Waals surface area contributed by atoms with E-state index in [1.165, 1.54) is 0 Å². The third kappa shape index (κ3) is 3.25. The molecule has 0 aliphatic rings. The lowest BCUT2D eigenvalue weighted by Gasteiger charge is -2.06. The maximum atomic E-state index is 12.4. The second kappa shape index (κ2) is 6.67. The molecule has 0 bridgehead atoms. The van der Waals surface area contributed by atoms with Crippen molar-refractivity contribution >= 4 is 22.5 Å². The molecule has 0 saturated carbocycles. The minimum atomic E-state index is -0.280. The molecule has 0 spiro atoms. The first-order valence-electron chi connectivity index (χ1n) is 7.95. The lowest BCUT2D eigenvalue weighted by molar-refractivity contribution is 0.102. The van der Waals surface area contributed by atoms with Crippen molar-refractivity contribution < 1.29 is 14.1 Å². The van der Waals surface area contributed by atoms with Crippen LogP contribution in [0.3, 0.4) is 0 Å². The summed E-state index contributed by atoms with van der Waals surface area (Å²) in [6, 6.07) is 14.5. The minimum Gasteiger partial charge on any atom is -0.484 e. The third-order valence-electron chi connectivity index (χ3n) is 3.73. The van der Waals surface area contributed by atoms with Gasteiger partial charge in [-0.3, -0.25) is 9.89 Å². The van der Waals surface area contributed by atoms with E-state index in [1.807, 2.05) is 24.3 Å². The Morgan fingerprint density at radius 1 is 1.19 bits per heavy atom. The zero-order valence-electron chi connectivity index (χ0n) is 13.9. The number of anilines is 1. The molecule has 130 valence electrons. The Balaban J connectivity index is 1.41. The first-order valence-corrected chi connectivity index (χ1v) is 7.95. The van der Waals surface area contributed by atoms with Gasteiger partial charge in [0.25, 0.3) is 11.8 Å². The van der Waals surface area contributed by atoms with E-state index in [4.69, 9.17) is 9.26 Å². The van der Waals surface area contributed by atoms with Crippen molar-refractivity contribution in [2.45, 2.75) is 13.5 Å². The number of nitrogens with one attached hydrogen (secondary N) is 2. The van der Waals surface area contributed by atoms with Gasteiger partial charge in [-0.2, -0.15) is 10.1 Å². The molecule has 0 atom stereocenters. The van der Waals surface area contributed by atoms with Crippen LogP contribution in [-0.2, 0) is 6.61 Å². The van der Waals surface area contributed by atoms with Crippen LogP contribution in [0.5, 0.6) is 5.75 Å². The summed E-state index contributed by atoms with van der Waals surface area (Å²) in [4.78, 5) is 16.5. The van der Waals surface area contributed by atoms with E-state index in [9.17, 15) is 4.79 Å². The van der Waals surface area contributed by atoms with Gasteiger partial charge in [-0.1, -0.05) is 23.4 Å². The highest BCUT2D eigenvalue weighted by Gasteiger charge is 2.14. The van der Waals surface area contributed by atoms with Gasteiger partial charge < -0.3 is 14.6 Å². The summed E-state index contributed by atoms with van der Waals surface area (Å²) in [5, 5.41) is 14.2. The average Bonchev–Trinajstić information content (AvgIpc) is 3.27. The zero-order valence-corrected chi connectivity index (χ0v) is 13.9. The van der Waals surface area contributed by atoms with Crippen molar-refractivity contribution in [2.75, 3.05) is 5.32 Å². The molecule has 4 rings (SSSR count). The summed E-state index contributed by atoms with van der Waals surface area (Å²) in [6.45, 7) is 1.93. The summed E-state index contributed by atoms with van der Waals surface area (Å²) < 4.78 is 10.6. The monoisotopic (exact) mass is 349 g/mol. The maximum absolute atomic E-state index is 12.4. The van der Waals surface area contributed by atoms with Gasteiger partial charge in [0.2, 0.25) is 0 Å². The van der Waals surface area contributed by atoms with Gasteiger partial charge in [0.05, 0.1) is 5.52 Å². The van der Waals surface area contributed by atoms with Crippen LogP contribution in [-0.4, -0.2) is 26.2 Å². The van der Waals surface area contributed by atoms with Crippen LogP contribution >= 0.6 is 0 Å². The van der Waals surface area contributed by atoms with E-state index < -0.39 is 0 Å². The van der Waals surface area contributed by atoms with Crippen molar-refractivity contribution in [2.24, 2.45) is 0 Å². The Bertz CT molecular complexity index is 1050. The highest BCUT2D eigenvalue weighted by atomic mass is 16.5. The van der Waals surface area contributed by atoms with Gasteiger partial charge in [0.15, 0.2) is 18.1 Å². The van der Waals surface area contributed by atoms with Crippen LogP contribution in [0.4, 0.5) is 5.69 Å². The van der Waals surface area contributed by atoms with E-state index in [2.05, 4.69) is 25.7 Å². The standard InChI is InChI=1S/C18H15N5O3/c1-11-19-16(26-23-11)10-25-13-8-6-12(7-9-13)20-18(24)17-14-4-2-3-5-15(14)21-22-17/h2-9H,10H2,1H3,(H,20,24)(H,21,22). The molecule has 8 nitrogen and oxygen atoms in total. The lowest BCUT2D eigenvalue weighted by atomic mass is 10.2. The Labute approximate surface area is 148 Å². The molecule has 0 radical (unpaired) electrons. The fourth-order valence-corrected chi connectivity index (χ4v) is 2.51. The van der Waals surface area contributed by atoms with Gasteiger partial charge in [-0.05, 0) is 37.3 Å². The van der Waals surface area contributed by atoms with Crippen molar-refractivity contribution in [3.05, 3.63) is 65.9 Å². The summed E-state index contributed by atoms with van der Waals surface area (Å²) in [7, 11) is 0. The second-order valence-electron chi connectivity index (χ2n) is 5.62. The second-order valence-corrected chi connectivity index (χ2v) is 5.62. The molecule has 2 aromatic carbocycles. The van der Waals surface area contributed by atoms with Crippen molar-refractivity contribution in [3.63, 3.8) is 0 Å². The third-order valence-corrected chi connectivity index (χ3v) is 3.73. The van der Waals surface area contributed by atoms with E-state index in [-0.39, 0.29) is 12.5 Å². The minimum absolute atomic E-state index is 0.186. The average molecular weight is 349 g/mol. The highest BCUT2D eigenvalue weighted by Crippen LogP contribution is 2.19. The number of ether oxygens (including phenoxy) is 1. The van der Waals surface area contributed by atoms with Gasteiger partial charge in [-0.15, -0.1) is 0 Å². The smallest absolute Gasteiger partial charge is 0.276 e. The fourth-order valence-electron chi connectivity index (χ4n) is 2.51. The number of carbonyl (C=O) groups excluding carboxylic acids is 1. The number of H-pyrrole nitrogens is 1. The summed E-state index contributed by atoms with van der Waals surface area (Å²) in [5.41, 5.74) is 1.81. The SMILES string of the molecule is Cc1noc(COc2ccc(NC(=O)c3n[nH]c4ccccc34)cc2)n1. The molecule has 0 aliphatic heterocycles. The quantitative estimate of drug-likeness (QED) is 0.573. The lowest BCUT2D eigenvalue weighted by Crippen LogP contribution is -2.12. The van der Waals surface area contributed by atoms with Crippen LogP contribution in [0.1, 0.15) is 22.2 Å². The largest absolute Gasteiger partial charge is 0.484 e. The number of aryl methyl sites for hydroxylation is 1. The number of carbonyl (C=O) groups is 1. The predicted octanol–water partition coefficient (Wildman–Crippen LogP) is 3.09. The molecule has 2 N–H and O–H groups in total. The number of aromatic nitrogens is 4. The van der Waals surface area contributed by atoms with Crippen LogP contribution in [0.2, 0.25) is 0 Å². The molecule has 8 heteroatoms. The number of benzene rings is 2. The first kappa shape index (κ1) is 15.8. The van der Waals surface area contributed by atoms with Crippen LogP contribution in [0.15, 0.2) is 53.1 Å². The molecule has 1 amide bonds. The molecular weight excluding hydrogens is 334 g/mol. The van der Waals surface area contributed by atoms with Gasteiger partial charge >= 0.3 is 0 Å². The predicted molar refractivity (Wildman–Crippen MR) is 93.9 cm³/mol. The zero-order chi connectivity index (χ0) is 17.9. The molecule has 4 aromatic rings. The number of hydrogen-bond donors (Lipinski definition) is 2. The van der Waals surface area contributed by atoms with Crippen LogP contribution in [0.25, 0.3) is 10.9 Å². The van der Waals surface area contributed by atoms with Crippen molar-refractivity contribution in [3.8, 4) is 5.75 Å². The normalized spacial score (nSPS) is 10.8. The molecule has 0 saturated heterocycles. The van der Waals surface area contributed by atoms with Crippen molar-refractivity contribution in [1.82, 2.24) is 20.3 Å². The molecule has 2 heterocycles. The molecule has 0 aliphatic carbocycles. The number of rotatable bonds is 5. The van der Waals surface area contributed by atoms with Gasteiger partial charge in [0.1, 0.15) is 5.75 Å². The Morgan fingerprint density at radius 3 is 2.77 bits per heavy atom. The molecule has 0 fully saturated rings. The van der Waals surface area contributed by atoms with Gasteiger partial charge in [0, 0.05) is 11.1 Å². The van der Waals surface area contributed by atoms with Gasteiger partial charge in [-0.25, -0.2) is 0 Å². The number of nitrogens with zero attached hydrogens (tertiary/aromatic N) is 3. The molecular formula is C18H15N5O3. The van der Waals surface area contributed by atoms with E-state index in [0.717, 1.165) is 10.9 Å². The maximum Gasteiger partial charge on any atom is 0.276 e. The number of para-hydroxylation sites is 1. The fraction of sp³-hybridized carbons (Fsp3) is 0.111. The number of amides is 1. The topological polar surface area (TPSA) is 106 Å². The van der Waals surface area contributed by atoms with Crippen LogP contribution in [0, 0.1) is 6.92 Å². The van der Waals surface area contributed by atoms with Crippen LogP contribution < -0.4 is 10.1 Å². The van der Waals surface area contributed by atoms with E-state index >= 15 is 0 Å². The Morgan fingerprint density at radius 2 is 2.00 bits per heavy atom. The summed E-state index contributed by atoms with van der Waals surface area (Å²) in [6.07, 6.45) is 0. The van der Waals surface area contributed by atoms with E-state index in [1.54, 1.807) is 31.2 Å². The summed E-state index contributed by atoms with van der Waals surface area (Å²) >= 11 is 0. The molecule has 2 aromatic heterocycles. The molecule has 0 unspecified atom stereocenters. The van der Waals surface area contributed by atoms with E-state index in [0.29, 0.717) is 28.8 Å². The number of hydrogen-bond acceptors (Lipinski definition) is 6. The first-order chi connectivity index (χ1) is 12.7. The Hall–Kier alpha value is -3.68. The number of aromatic amines is 1. The number of fused-ring (bicyclic) bond motifs is 1.